The molecule has 1 aliphatic heterocycles. The molecule has 0 aliphatic carbocycles. The Kier molecular flexibility index (Phi) is 3.69. The van der Waals surface area contributed by atoms with Gasteiger partial charge < -0.3 is 16.4 Å². The van der Waals surface area contributed by atoms with Crippen molar-refractivity contribution in [2.45, 2.75) is 25.3 Å². The highest BCUT2D eigenvalue weighted by atomic mass is 16.1. The first kappa shape index (κ1) is 10.5. The number of hydrogen-bond acceptors (Lipinski definition) is 3. The van der Waals surface area contributed by atoms with E-state index in [4.69, 9.17) is 11.5 Å². The van der Waals surface area contributed by atoms with Crippen molar-refractivity contribution in [3.05, 3.63) is 0 Å². The average Bonchev–Trinajstić information content (AvgIpc) is 2.09. The second kappa shape index (κ2) is 4.58. The first-order chi connectivity index (χ1) is 6.16. The van der Waals surface area contributed by atoms with E-state index in [-0.39, 0.29) is 17.9 Å². The zero-order valence-electron chi connectivity index (χ0n) is 8.20. The Hall–Kier alpha value is -0.610. The van der Waals surface area contributed by atoms with Crippen molar-refractivity contribution >= 4 is 5.91 Å². The number of nitrogens with zero attached hydrogens (tertiary/aromatic N) is 1. The summed E-state index contributed by atoms with van der Waals surface area (Å²) in [6.07, 6.45) is 3.43. The van der Waals surface area contributed by atoms with Crippen molar-refractivity contribution < 1.29 is 4.79 Å². The number of carbonyl (C=O) groups excluding carboxylic acids is 1. The molecule has 4 nitrogen and oxygen atoms in total. The van der Waals surface area contributed by atoms with Gasteiger partial charge in [-0.3, -0.25) is 4.79 Å². The third-order valence-electron chi connectivity index (χ3n) is 2.91. The quantitative estimate of drug-likeness (QED) is 0.624. The lowest BCUT2D eigenvalue weighted by molar-refractivity contribution is -0.123. The number of amides is 1. The highest BCUT2D eigenvalue weighted by Crippen LogP contribution is 2.21. The van der Waals surface area contributed by atoms with Crippen LogP contribution in [-0.2, 0) is 4.79 Å². The lowest BCUT2D eigenvalue weighted by Crippen LogP contribution is -2.49. The number of piperidine rings is 1. The minimum atomic E-state index is -0.263. The molecular formula is C9H19N3O. The molecule has 2 unspecified atom stereocenters. The van der Waals surface area contributed by atoms with Crippen LogP contribution in [-0.4, -0.2) is 37.0 Å². The molecule has 4 N–H and O–H groups in total. The molecule has 0 saturated carbocycles. The Labute approximate surface area is 79.3 Å². The summed E-state index contributed by atoms with van der Waals surface area (Å²) in [5.74, 6) is -0.438. The van der Waals surface area contributed by atoms with Crippen molar-refractivity contribution in [2.75, 3.05) is 20.1 Å². The van der Waals surface area contributed by atoms with E-state index in [1.165, 1.54) is 12.8 Å². The summed E-state index contributed by atoms with van der Waals surface area (Å²) >= 11 is 0. The van der Waals surface area contributed by atoms with E-state index in [1.807, 2.05) is 7.05 Å². The Morgan fingerprint density at radius 3 is 2.77 bits per heavy atom. The molecule has 0 aromatic rings. The van der Waals surface area contributed by atoms with Crippen LogP contribution in [0.1, 0.15) is 19.3 Å². The number of rotatable bonds is 3. The fraction of sp³-hybridized carbons (Fsp3) is 0.889. The van der Waals surface area contributed by atoms with Crippen LogP contribution in [0.25, 0.3) is 0 Å². The van der Waals surface area contributed by atoms with Gasteiger partial charge in [0.2, 0.25) is 5.91 Å². The van der Waals surface area contributed by atoms with E-state index in [1.54, 1.807) is 0 Å². The zero-order chi connectivity index (χ0) is 9.84. The van der Waals surface area contributed by atoms with Gasteiger partial charge in [-0.05, 0) is 26.4 Å². The lowest BCUT2D eigenvalue weighted by Gasteiger charge is -2.36. The molecule has 1 saturated heterocycles. The number of likely N-dealkylation sites (tertiary alicyclic amines) is 1. The van der Waals surface area contributed by atoms with Crippen LogP contribution < -0.4 is 11.5 Å². The van der Waals surface area contributed by atoms with E-state index in [0.29, 0.717) is 6.54 Å². The van der Waals surface area contributed by atoms with Gasteiger partial charge in [0, 0.05) is 12.6 Å². The Bertz CT molecular complexity index is 184. The predicted molar refractivity (Wildman–Crippen MR) is 52.0 cm³/mol. The molecule has 0 aromatic carbocycles. The summed E-state index contributed by atoms with van der Waals surface area (Å²) < 4.78 is 0. The lowest BCUT2D eigenvalue weighted by atomic mass is 9.90. The van der Waals surface area contributed by atoms with Crippen molar-refractivity contribution in [1.29, 1.82) is 0 Å². The molecule has 0 radical (unpaired) electrons. The van der Waals surface area contributed by atoms with Crippen LogP contribution in [0.15, 0.2) is 0 Å². The van der Waals surface area contributed by atoms with Crippen LogP contribution in [0.5, 0.6) is 0 Å². The van der Waals surface area contributed by atoms with Crippen LogP contribution >= 0.6 is 0 Å². The van der Waals surface area contributed by atoms with Gasteiger partial charge >= 0.3 is 0 Å². The van der Waals surface area contributed by atoms with E-state index < -0.39 is 0 Å². The van der Waals surface area contributed by atoms with Crippen LogP contribution in [0, 0.1) is 5.92 Å². The third kappa shape index (κ3) is 2.42. The maximum absolute atomic E-state index is 11.1. The summed E-state index contributed by atoms with van der Waals surface area (Å²) in [7, 11) is 2.04. The molecule has 1 amide bonds. The van der Waals surface area contributed by atoms with Gasteiger partial charge in [0.25, 0.3) is 0 Å². The first-order valence-corrected chi connectivity index (χ1v) is 4.86. The molecule has 1 rings (SSSR count). The highest BCUT2D eigenvalue weighted by Gasteiger charge is 2.29. The number of primary amides is 1. The van der Waals surface area contributed by atoms with Crippen molar-refractivity contribution in [2.24, 2.45) is 17.4 Å². The molecule has 13 heavy (non-hydrogen) atoms. The summed E-state index contributed by atoms with van der Waals surface area (Å²) in [5.41, 5.74) is 10.8. The molecule has 0 bridgehead atoms. The third-order valence-corrected chi connectivity index (χ3v) is 2.91. The van der Waals surface area contributed by atoms with E-state index in [2.05, 4.69) is 4.90 Å². The van der Waals surface area contributed by atoms with Crippen molar-refractivity contribution in [3.63, 3.8) is 0 Å². The molecule has 1 fully saturated rings. The van der Waals surface area contributed by atoms with Gasteiger partial charge in [-0.15, -0.1) is 0 Å². The fourth-order valence-corrected chi connectivity index (χ4v) is 2.07. The fourth-order valence-electron chi connectivity index (χ4n) is 2.07. The number of nitrogens with two attached hydrogens (primary N) is 2. The van der Waals surface area contributed by atoms with Crippen LogP contribution in [0.2, 0.25) is 0 Å². The largest absolute Gasteiger partial charge is 0.369 e. The Morgan fingerprint density at radius 2 is 2.31 bits per heavy atom. The molecule has 76 valence electrons. The van der Waals surface area contributed by atoms with Gasteiger partial charge in [-0.2, -0.15) is 0 Å². The normalized spacial score (nSPS) is 27.1. The topological polar surface area (TPSA) is 72.3 Å². The standard InChI is InChI=1S/C9H19N3O/c1-12-5-3-2-4-8(12)7(6-10)9(11)13/h7-8H,2-6,10H2,1H3,(H2,11,13). The Balaban J connectivity index is 2.60. The van der Waals surface area contributed by atoms with Gasteiger partial charge in [0.1, 0.15) is 0 Å². The van der Waals surface area contributed by atoms with Crippen LogP contribution in [0.4, 0.5) is 0 Å². The minimum absolute atomic E-state index is 0.176. The molecule has 4 heteroatoms. The van der Waals surface area contributed by atoms with Gasteiger partial charge in [-0.1, -0.05) is 6.42 Å². The molecule has 1 heterocycles. The van der Waals surface area contributed by atoms with Crippen molar-refractivity contribution in [3.8, 4) is 0 Å². The average molecular weight is 185 g/mol. The maximum Gasteiger partial charge on any atom is 0.223 e. The zero-order valence-corrected chi connectivity index (χ0v) is 8.20. The number of carbonyl (C=O) groups is 1. The van der Waals surface area contributed by atoms with Gasteiger partial charge in [0.05, 0.1) is 5.92 Å². The molecule has 1 aliphatic rings. The van der Waals surface area contributed by atoms with Gasteiger partial charge in [0.15, 0.2) is 0 Å². The second-order valence-corrected chi connectivity index (χ2v) is 3.79. The summed E-state index contributed by atoms with van der Waals surface area (Å²) in [5, 5.41) is 0. The van der Waals surface area contributed by atoms with Crippen LogP contribution in [0.3, 0.4) is 0 Å². The van der Waals surface area contributed by atoms with Gasteiger partial charge in [-0.25, -0.2) is 0 Å². The molecule has 0 spiro atoms. The van der Waals surface area contributed by atoms with E-state index in [0.717, 1.165) is 13.0 Å². The smallest absolute Gasteiger partial charge is 0.223 e. The summed E-state index contributed by atoms with van der Waals surface area (Å²) in [6.45, 7) is 1.42. The highest BCUT2D eigenvalue weighted by molar-refractivity contribution is 5.77. The van der Waals surface area contributed by atoms with E-state index >= 15 is 0 Å². The number of hydrogen-bond donors (Lipinski definition) is 2. The molecule has 2 atom stereocenters. The molecule has 0 aromatic heterocycles. The predicted octanol–water partition coefficient (Wildman–Crippen LogP) is -0.469. The Morgan fingerprint density at radius 1 is 1.62 bits per heavy atom. The van der Waals surface area contributed by atoms with Crippen molar-refractivity contribution in [1.82, 2.24) is 4.90 Å². The monoisotopic (exact) mass is 185 g/mol. The maximum atomic E-state index is 11.1. The second-order valence-electron chi connectivity index (χ2n) is 3.79. The summed E-state index contributed by atoms with van der Waals surface area (Å²) in [4.78, 5) is 13.3. The summed E-state index contributed by atoms with van der Waals surface area (Å²) in [6, 6.07) is 0.260. The minimum Gasteiger partial charge on any atom is -0.369 e. The first-order valence-electron chi connectivity index (χ1n) is 4.86. The molecular weight excluding hydrogens is 166 g/mol. The van der Waals surface area contributed by atoms with E-state index in [9.17, 15) is 4.79 Å². The SMILES string of the molecule is CN1CCCCC1C(CN)C(N)=O.